The molecule has 27 heavy (non-hydrogen) atoms. The lowest BCUT2D eigenvalue weighted by atomic mass is 10.1. The number of aryl methyl sites for hydroxylation is 1. The number of nitrogens with one attached hydrogen (secondary N) is 1. The van der Waals surface area contributed by atoms with Crippen molar-refractivity contribution in [3.63, 3.8) is 0 Å². The van der Waals surface area contributed by atoms with E-state index in [1.54, 1.807) is 21.3 Å². The maximum atomic E-state index is 5.54. The molecule has 142 valence electrons. The largest absolute Gasteiger partial charge is 0.496 e. The van der Waals surface area contributed by atoms with Crippen LogP contribution in [0.3, 0.4) is 0 Å². The molecule has 0 radical (unpaired) electrons. The number of nitrogens with zero attached hydrogens (tertiary/aromatic N) is 2. The third kappa shape index (κ3) is 4.05. The van der Waals surface area contributed by atoms with Crippen LogP contribution in [0.1, 0.15) is 24.7 Å². The van der Waals surface area contributed by atoms with Crippen molar-refractivity contribution in [3.05, 3.63) is 47.8 Å². The van der Waals surface area contributed by atoms with Crippen LogP contribution in [0, 0.1) is 0 Å². The zero-order chi connectivity index (χ0) is 19.2. The Balaban J connectivity index is 1.97. The first-order valence-corrected chi connectivity index (χ1v) is 8.98. The Bertz CT molecular complexity index is 903. The first kappa shape index (κ1) is 18.8. The third-order valence-electron chi connectivity index (χ3n) is 4.37. The van der Waals surface area contributed by atoms with Crippen molar-refractivity contribution in [2.24, 2.45) is 0 Å². The van der Waals surface area contributed by atoms with Gasteiger partial charge in [-0.2, -0.15) is 0 Å². The first-order valence-electron chi connectivity index (χ1n) is 8.98. The number of anilines is 1. The molecule has 0 saturated heterocycles. The molecule has 3 aromatic rings. The molecule has 0 aliphatic carbocycles. The van der Waals surface area contributed by atoms with Crippen molar-refractivity contribution in [2.45, 2.75) is 26.3 Å². The predicted octanol–water partition coefficient (Wildman–Crippen LogP) is 4.22. The highest BCUT2D eigenvalue weighted by Gasteiger charge is 2.14. The Kier molecular flexibility index (Phi) is 5.96. The van der Waals surface area contributed by atoms with Gasteiger partial charge in [0, 0.05) is 30.5 Å². The fourth-order valence-corrected chi connectivity index (χ4v) is 3.02. The van der Waals surface area contributed by atoms with Crippen LogP contribution < -0.4 is 19.5 Å². The van der Waals surface area contributed by atoms with E-state index in [0.29, 0.717) is 23.8 Å². The summed E-state index contributed by atoms with van der Waals surface area (Å²) in [6.07, 6.45) is 1.84. The van der Waals surface area contributed by atoms with Gasteiger partial charge in [0.15, 0.2) is 0 Å². The van der Waals surface area contributed by atoms with E-state index < -0.39 is 0 Å². The van der Waals surface area contributed by atoms with Crippen molar-refractivity contribution in [1.82, 2.24) is 9.97 Å². The first-order chi connectivity index (χ1) is 13.2. The van der Waals surface area contributed by atoms with E-state index in [0.717, 1.165) is 41.0 Å². The normalized spacial score (nSPS) is 10.7. The summed E-state index contributed by atoms with van der Waals surface area (Å²) in [7, 11) is 4.89. The fraction of sp³-hybridized carbons (Fsp3) is 0.333. The average molecular weight is 367 g/mol. The number of rotatable bonds is 8. The molecule has 0 unspecified atom stereocenters. The molecule has 1 aromatic heterocycles. The predicted molar refractivity (Wildman–Crippen MR) is 107 cm³/mol. The van der Waals surface area contributed by atoms with Crippen molar-refractivity contribution < 1.29 is 14.2 Å². The fourth-order valence-electron chi connectivity index (χ4n) is 3.02. The molecule has 0 saturated carbocycles. The average Bonchev–Trinajstić information content (AvgIpc) is 2.71. The minimum absolute atomic E-state index is 0.503. The molecule has 3 rings (SSSR count). The van der Waals surface area contributed by atoms with Crippen LogP contribution in [0.5, 0.6) is 17.2 Å². The van der Waals surface area contributed by atoms with E-state index >= 15 is 0 Å². The van der Waals surface area contributed by atoms with Gasteiger partial charge in [-0.05, 0) is 18.6 Å². The van der Waals surface area contributed by atoms with Gasteiger partial charge < -0.3 is 19.5 Å². The summed E-state index contributed by atoms with van der Waals surface area (Å²) in [4.78, 5) is 9.38. The van der Waals surface area contributed by atoms with Crippen LogP contribution >= 0.6 is 0 Å². The van der Waals surface area contributed by atoms with E-state index in [2.05, 4.69) is 17.2 Å². The zero-order valence-corrected chi connectivity index (χ0v) is 16.2. The number of hydrogen-bond donors (Lipinski definition) is 1. The Labute approximate surface area is 159 Å². The Hall–Kier alpha value is -3.02. The van der Waals surface area contributed by atoms with Crippen molar-refractivity contribution in [3.8, 4) is 17.2 Å². The van der Waals surface area contributed by atoms with Crippen LogP contribution in [-0.2, 0) is 13.0 Å². The molecule has 2 aromatic carbocycles. The second-order valence-corrected chi connectivity index (χ2v) is 6.12. The molecule has 1 heterocycles. The highest BCUT2D eigenvalue weighted by Crippen LogP contribution is 2.34. The second-order valence-electron chi connectivity index (χ2n) is 6.12. The van der Waals surface area contributed by atoms with Crippen LogP contribution in [0.25, 0.3) is 10.9 Å². The highest BCUT2D eigenvalue weighted by atomic mass is 16.5. The number of benzene rings is 2. The highest BCUT2D eigenvalue weighted by molar-refractivity contribution is 5.89. The molecular weight excluding hydrogens is 342 g/mol. The van der Waals surface area contributed by atoms with Crippen LogP contribution in [0.15, 0.2) is 36.4 Å². The topological polar surface area (TPSA) is 65.5 Å². The molecule has 0 spiro atoms. The molecule has 0 fully saturated rings. The summed E-state index contributed by atoms with van der Waals surface area (Å²) in [5.41, 5.74) is 1.84. The van der Waals surface area contributed by atoms with Gasteiger partial charge in [0.2, 0.25) is 0 Å². The lowest BCUT2D eigenvalue weighted by Gasteiger charge is -2.16. The van der Waals surface area contributed by atoms with E-state index in [1.807, 2.05) is 36.4 Å². The lowest BCUT2D eigenvalue weighted by molar-refractivity contribution is 0.369. The van der Waals surface area contributed by atoms with E-state index in [9.17, 15) is 0 Å². The second kappa shape index (κ2) is 8.58. The summed E-state index contributed by atoms with van der Waals surface area (Å²) in [5, 5.41) is 4.43. The van der Waals surface area contributed by atoms with Gasteiger partial charge in [0.25, 0.3) is 0 Å². The zero-order valence-electron chi connectivity index (χ0n) is 16.2. The Morgan fingerprint density at radius 2 is 1.63 bits per heavy atom. The van der Waals surface area contributed by atoms with Gasteiger partial charge in [0.1, 0.15) is 28.9 Å². The standard InChI is InChI=1S/C21H25N3O3/c1-5-8-20-23-17-10-7-6-9-15(17)21(24-20)22-13-16-18(26-3)11-14(25-2)12-19(16)27-4/h6-7,9-12H,5,8,13H2,1-4H3,(H,22,23,24). The SMILES string of the molecule is CCCc1nc(NCc2c(OC)cc(OC)cc2OC)c2ccccc2n1. The summed E-state index contributed by atoms with van der Waals surface area (Å²) in [5.74, 6) is 3.73. The lowest BCUT2D eigenvalue weighted by Crippen LogP contribution is -2.08. The molecule has 0 atom stereocenters. The number of fused-ring (bicyclic) bond motifs is 1. The number of para-hydroxylation sites is 1. The van der Waals surface area contributed by atoms with Crippen LogP contribution in [0.4, 0.5) is 5.82 Å². The molecule has 1 N–H and O–H groups in total. The maximum Gasteiger partial charge on any atom is 0.137 e. The van der Waals surface area contributed by atoms with E-state index in [-0.39, 0.29) is 0 Å². The molecule has 6 heteroatoms. The van der Waals surface area contributed by atoms with Gasteiger partial charge in [-0.3, -0.25) is 0 Å². The molecule has 6 nitrogen and oxygen atoms in total. The van der Waals surface area contributed by atoms with Gasteiger partial charge in [-0.25, -0.2) is 9.97 Å². The van der Waals surface area contributed by atoms with Gasteiger partial charge >= 0.3 is 0 Å². The van der Waals surface area contributed by atoms with Crippen LogP contribution in [-0.4, -0.2) is 31.3 Å². The minimum atomic E-state index is 0.503. The molecule has 0 aliphatic rings. The maximum absolute atomic E-state index is 5.54. The van der Waals surface area contributed by atoms with Crippen molar-refractivity contribution in [1.29, 1.82) is 0 Å². The van der Waals surface area contributed by atoms with Gasteiger partial charge in [-0.1, -0.05) is 19.1 Å². The summed E-state index contributed by atoms with van der Waals surface area (Å²) >= 11 is 0. The van der Waals surface area contributed by atoms with Crippen molar-refractivity contribution in [2.75, 3.05) is 26.6 Å². The molecular formula is C21H25N3O3. The third-order valence-corrected chi connectivity index (χ3v) is 4.37. The van der Waals surface area contributed by atoms with Crippen LogP contribution in [0.2, 0.25) is 0 Å². The monoisotopic (exact) mass is 367 g/mol. The molecule has 0 bridgehead atoms. The number of aromatic nitrogens is 2. The van der Waals surface area contributed by atoms with E-state index in [4.69, 9.17) is 19.2 Å². The molecule has 0 amide bonds. The minimum Gasteiger partial charge on any atom is -0.496 e. The van der Waals surface area contributed by atoms with Gasteiger partial charge in [0.05, 0.1) is 32.4 Å². The number of methoxy groups -OCH3 is 3. The van der Waals surface area contributed by atoms with Gasteiger partial charge in [-0.15, -0.1) is 0 Å². The summed E-state index contributed by atoms with van der Waals surface area (Å²) < 4.78 is 16.4. The summed E-state index contributed by atoms with van der Waals surface area (Å²) in [6, 6.07) is 11.7. The number of ether oxygens (including phenoxy) is 3. The Morgan fingerprint density at radius 1 is 0.926 bits per heavy atom. The number of hydrogen-bond acceptors (Lipinski definition) is 6. The molecule has 0 aliphatic heterocycles. The van der Waals surface area contributed by atoms with E-state index in [1.165, 1.54) is 0 Å². The summed E-state index contributed by atoms with van der Waals surface area (Å²) in [6.45, 7) is 2.63. The van der Waals surface area contributed by atoms with Crippen molar-refractivity contribution >= 4 is 16.7 Å². The Morgan fingerprint density at radius 3 is 2.26 bits per heavy atom. The smallest absolute Gasteiger partial charge is 0.137 e. The quantitative estimate of drug-likeness (QED) is 0.643.